The first-order valence-electron chi connectivity index (χ1n) is 9.75. The quantitative estimate of drug-likeness (QED) is 0.765. The zero-order chi connectivity index (χ0) is 20.6. The molecule has 0 unspecified atom stereocenters. The molecule has 0 saturated carbocycles. The second-order valence-electron chi connectivity index (χ2n) is 7.53. The molecule has 0 N–H and O–H groups in total. The number of benzene rings is 2. The number of anilines is 1. The number of carbonyl (C=O) groups is 1. The summed E-state index contributed by atoms with van der Waals surface area (Å²) in [5, 5.41) is 0. The highest BCUT2D eigenvalue weighted by Crippen LogP contribution is 2.31. The van der Waals surface area contributed by atoms with E-state index in [0.29, 0.717) is 13.1 Å². The molecule has 2 heterocycles. The molecule has 0 aliphatic carbocycles. The average molecular weight is 418 g/mol. The fourth-order valence-corrected chi connectivity index (χ4v) is 5.57. The third kappa shape index (κ3) is 3.74. The van der Waals surface area contributed by atoms with E-state index >= 15 is 0 Å². The van der Waals surface area contributed by atoms with Crippen molar-refractivity contribution in [1.82, 2.24) is 9.21 Å². The number of carbonyl (C=O) groups excluding carboxylic acids is 1. The van der Waals surface area contributed by atoms with Crippen LogP contribution in [0.25, 0.3) is 0 Å². The van der Waals surface area contributed by atoms with Gasteiger partial charge in [0.2, 0.25) is 15.9 Å². The molecule has 2 aliphatic rings. The second-order valence-corrected chi connectivity index (χ2v) is 9.43. The number of hydrogen-bond donors (Lipinski definition) is 0. The highest BCUT2D eigenvalue weighted by atomic mass is 32.2. The Morgan fingerprint density at radius 2 is 1.69 bits per heavy atom. The monoisotopic (exact) mass is 417 g/mol. The minimum atomic E-state index is -3.90. The molecule has 0 aromatic heterocycles. The third-order valence-corrected chi connectivity index (χ3v) is 7.63. The maximum Gasteiger partial charge on any atom is 0.246 e. The number of sulfonamides is 1. The molecule has 8 heteroatoms. The summed E-state index contributed by atoms with van der Waals surface area (Å²) < 4.78 is 40.6. The summed E-state index contributed by atoms with van der Waals surface area (Å²) in [4.78, 5) is 16.3. The number of fused-ring (bicyclic) bond motifs is 1. The molecule has 2 aromatic rings. The standard InChI is InChI=1S/C21H24FN3O3S/c1-16-14-17-6-2-4-8-19(17)25(16)15-21(26)23-10-12-24(13-11-23)29(27,28)20-9-5-3-7-18(20)22/h2-9,16H,10-15H2,1H3/t16-/m1/s1. The van der Waals surface area contributed by atoms with Crippen LogP contribution in [0.15, 0.2) is 53.4 Å². The maximum absolute atomic E-state index is 14.0. The lowest BCUT2D eigenvalue weighted by molar-refractivity contribution is -0.130. The van der Waals surface area contributed by atoms with Gasteiger partial charge in [0.05, 0.1) is 6.54 Å². The van der Waals surface area contributed by atoms with Crippen molar-refractivity contribution < 1.29 is 17.6 Å². The zero-order valence-electron chi connectivity index (χ0n) is 16.3. The summed E-state index contributed by atoms with van der Waals surface area (Å²) in [5.41, 5.74) is 2.34. The molecule has 2 aliphatic heterocycles. The minimum absolute atomic E-state index is 0.0171. The molecule has 0 radical (unpaired) electrons. The molecule has 0 spiro atoms. The van der Waals surface area contributed by atoms with Crippen molar-refractivity contribution in [1.29, 1.82) is 0 Å². The van der Waals surface area contributed by atoms with Crippen LogP contribution in [0.2, 0.25) is 0 Å². The maximum atomic E-state index is 14.0. The molecule has 6 nitrogen and oxygen atoms in total. The van der Waals surface area contributed by atoms with E-state index in [-0.39, 0.29) is 36.5 Å². The van der Waals surface area contributed by atoms with Crippen LogP contribution in [-0.4, -0.2) is 62.3 Å². The van der Waals surface area contributed by atoms with Gasteiger partial charge in [0.25, 0.3) is 0 Å². The average Bonchev–Trinajstić information content (AvgIpc) is 3.03. The third-order valence-electron chi connectivity index (χ3n) is 5.70. The predicted octanol–water partition coefficient (Wildman–Crippen LogP) is 2.11. The van der Waals surface area contributed by atoms with E-state index in [0.717, 1.165) is 18.2 Å². The molecule has 29 heavy (non-hydrogen) atoms. The minimum Gasteiger partial charge on any atom is -0.359 e. The van der Waals surface area contributed by atoms with Crippen LogP contribution >= 0.6 is 0 Å². The fourth-order valence-electron chi connectivity index (χ4n) is 4.09. The Labute approximate surface area is 170 Å². The lowest BCUT2D eigenvalue weighted by atomic mass is 10.1. The molecule has 154 valence electrons. The van der Waals surface area contributed by atoms with Crippen LogP contribution in [0.1, 0.15) is 12.5 Å². The van der Waals surface area contributed by atoms with Crippen LogP contribution in [0.4, 0.5) is 10.1 Å². The Hall–Kier alpha value is -2.45. The van der Waals surface area contributed by atoms with Gasteiger partial charge in [-0.1, -0.05) is 30.3 Å². The Morgan fingerprint density at radius 1 is 1.03 bits per heavy atom. The first-order chi connectivity index (χ1) is 13.9. The van der Waals surface area contributed by atoms with Crippen molar-refractivity contribution in [2.45, 2.75) is 24.3 Å². The number of para-hydroxylation sites is 1. The summed E-state index contributed by atoms with van der Waals surface area (Å²) in [5.74, 6) is -0.774. The van der Waals surface area contributed by atoms with Gasteiger partial charge < -0.3 is 9.80 Å². The summed E-state index contributed by atoms with van der Waals surface area (Å²) in [6, 6.07) is 13.7. The van der Waals surface area contributed by atoms with Crippen LogP contribution in [0.5, 0.6) is 0 Å². The number of rotatable bonds is 4. The number of nitrogens with zero attached hydrogens (tertiary/aromatic N) is 3. The number of piperazine rings is 1. The van der Waals surface area contributed by atoms with Gasteiger partial charge in [0, 0.05) is 37.9 Å². The summed E-state index contributed by atoms with van der Waals surface area (Å²) in [6.45, 7) is 3.31. The largest absolute Gasteiger partial charge is 0.359 e. The van der Waals surface area contributed by atoms with Crippen molar-refractivity contribution in [2.75, 3.05) is 37.6 Å². The highest BCUT2D eigenvalue weighted by molar-refractivity contribution is 7.89. The number of halogens is 1. The zero-order valence-corrected chi connectivity index (χ0v) is 17.1. The summed E-state index contributed by atoms with van der Waals surface area (Å²) in [6.07, 6.45) is 0.915. The van der Waals surface area contributed by atoms with Gasteiger partial charge in [-0.05, 0) is 37.1 Å². The molecule has 4 rings (SSSR count). The van der Waals surface area contributed by atoms with Crippen LogP contribution in [0, 0.1) is 5.82 Å². The first kappa shape index (κ1) is 19.8. The molecule has 2 aromatic carbocycles. The molecule has 1 fully saturated rings. The lowest BCUT2D eigenvalue weighted by Gasteiger charge is -2.35. The first-order valence-corrected chi connectivity index (χ1v) is 11.2. The van der Waals surface area contributed by atoms with Gasteiger partial charge >= 0.3 is 0 Å². The molecule has 1 saturated heterocycles. The van der Waals surface area contributed by atoms with Gasteiger partial charge in [0.1, 0.15) is 10.7 Å². The van der Waals surface area contributed by atoms with E-state index in [1.807, 2.05) is 18.2 Å². The van der Waals surface area contributed by atoms with Gasteiger partial charge in [-0.2, -0.15) is 4.31 Å². The second kappa shape index (κ2) is 7.76. The van der Waals surface area contributed by atoms with Crippen molar-refractivity contribution >= 4 is 21.6 Å². The van der Waals surface area contributed by atoms with Gasteiger partial charge in [-0.3, -0.25) is 4.79 Å². The lowest BCUT2D eigenvalue weighted by Crippen LogP contribution is -2.53. The van der Waals surface area contributed by atoms with Crippen molar-refractivity contribution in [3.05, 3.63) is 59.9 Å². The summed E-state index contributed by atoms with van der Waals surface area (Å²) >= 11 is 0. The molecular formula is C21H24FN3O3S. The highest BCUT2D eigenvalue weighted by Gasteiger charge is 2.33. The SMILES string of the molecule is C[C@@H]1Cc2ccccc2N1CC(=O)N1CCN(S(=O)(=O)c2ccccc2F)CC1. The topological polar surface area (TPSA) is 60.9 Å². The van der Waals surface area contributed by atoms with Crippen LogP contribution in [0.3, 0.4) is 0 Å². The Morgan fingerprint density at radius 3 is 2.41 bits per heavy atom. The number of hydrogen-bond acceptors (Lipinski definition) is 4. The van der Waals surface area contributed by atoms with Crippen LogP contribution < -0.4 is 4.90 Å². The van der Waals surface area contributed by atoms with E-state index in [1.54, 1.807) is 4.90 Å². The number of amides is 1. The molecule has 0 bridgehead atoms. The van der Waals surface area contributed by atoms with E-state index in [2.05, 4.69) is 17.9 Å². The molecule has 1 atom stereocenters. The van der Waals surface area contributed by atoms with E-state index in [4.69, 9.17) is 0 Å². The molecule has 1 amide bonds. The smallest absolute Gasteiger partial charge is 0.246 e. The molecular weight excluding hydrogens is 393 g/mol. The van der Waals surface area contributed by atoms with Gasteiger partial charge in [-0.15, -0.1) is 0 Å². The van der Waals surface area contributed by atoms with Crippen molar-refractivity contribution in [3.8, 4) is 0 Å². The van der Waals surface area contributed by atoms with Gasteiger partial charge in [-0.25, -0.2) is 12.8 Å². The van der Waals surface area contributed by atoms with Crippen LogP contribution in [-0.2, 0) is 21.2 Å². The summed E-state index contributed by atoms with van der Waals surface area (Å²) in [7, 11) is -3.90. The van der Waals surface area contributed by atoms with E-state index < -0.39 is 15.8 Å². The predicted molar refractivity (Wildman–Crippen MR) is 109 cm³/mol. The van der Waals surface area contributed by atoms with Gasteiger partial charge in [0.15, 0.2) is 0 Å². The fraction of sp³-hybridized carbons (Fsp3) is 0.381. The van der Waals surface area contributed by atoms with E-state index in [9.17, 15) is 17.6 Å². The van der Waals surface area contributed by atoms with Crippen molar-refractivity contribution in [3.63, 3.8) is 0 Å². The normalized spacial score (nSPS) is 20.0. The Kier molecular flexibility index (Phi) is 5.31. The van der Waals surface area contributed by atoms with Crippen molar-refractivity contribution in [2.24, 2.45) is 0 Å². The van der Waals surface area contributed by atoms with E-state index in [1.165, 1.54) is 28.1 Å². The Balaban J connectivity index is 1.40. The Bertz CT molecular complexity index is 1020.